The Bertz CT molecular complexity index is 790. The van der Waals surface area contributed by atoms with E-state index >= 15 is 0 Å². The molecule has 0 saturated carbocycles. The third-order valence-electron chi connectivity index (χ3n) is 3.25. The van der Waals surface area contributed by atoms with Gasteiger partial charge < -0.3 is 14.8 Å². The number of nitrogens with one attached hydrogen (secondary N) is 1. The number of para-hydroxylation sites is 2. The first-order valence-electron chi connectivity index (χ1n) is 7.68. The number of benzene rings is 2. The fourth-order valence-corrected chi connectivity index (χ4v) is 2.15. The predicted molar refractivity (Wildman–Crippen MR) is 88.0 cm³/mol. The lowest BCUT2D eigenvalue weighted by Crippen LogP contribution is -2.23. The van der Waals surface area contributed by atoms with Crippen molar-refractivity contribution in [2.24, 2.45) is 0 Å². The van der Waals surface area contributed by atoms with Crippen LogP contribution in [-0.4, -0.2) is 25.1 Å². The first kappa shape index (κ1) is 19.3. The van der Waals surface area contributed by atoms with Gasteiger partial charge in [-0.1, -0.05) is 24.3 Å². The number of alkyl halides is 3. The molecule has 2 aromatic carbocycles. The number of ether oxygens (including phenoxy) is 2. The van der Waals surface area contributed by atoms with Crippen molar-refractivity contribution in [1.82, 2.24) is 0 Å². The van der Waals surface area contributed by atoms with Gasteiger partial charge in [-0.2, -0.15) is 13.2 Å². The Hall–Kier alpha value is -3.03. The quantitative estimate of drug-likeness (QED) is 0.787. The average Bonchev–Trinajstić information content (AvgIpc) is 2.60. The summed E-state index contributed by atoms with van der Waals surface area (Å²) in [7, 11) is 0. The summed E-state index contributed by atoms with van der Waals surface area (Å²) in [6.45, 7) is 1.35. The van der Waals surface area contributed by atoms with Crippen LogP contribution in [0.25, 0.3) is 0 Å². The minimum absolute atomic E-state index is 0.123. The Morgan fingerprint density at radius 3 is 2.38 bits per heavy atom. The van der Waals surface area contributed by atoms with E-state index in [0.717, 1.165) is 12.1 Å². The van der Waals surface area contributed by atoms with E-state index in [0.29, 0.717) is 12.4 Å². The van der Waals surface area contributed by atoms with Gasteiger partial charge >= 0.3 is 12.1 Å². The van der Waals surface area contributed by atoms with Crippen LogP contribution in [0.1, 0.15) is 22.8 Å². The van der Waals surface area contributed by atoms with Crippen LogP contribution in [0.3, 0.4) is 0 Å². The van der Waals surface area contributed by atoms with E-state index in [1.165, 1.54) is 18.2 Å². The Kier molecular flexibility index (Phi) is 6.21. The molecule has 0 fully saturated rings. The highest BCUT2D eigenvalue weighted by atomic mass is 19.4. The number of halogens is 3. The third-order valence-corrected chi connectivity index (χ3v) is 3.25. The van der Waals surface area contributed by atoms with E-state index in [9.17, 15) is 22.8 Å². The largest absolute Gasteiger partial charge is 0.493 e. The van der Waals surface area contributed by atoms with E-state index in [1.54, 1.807) is 25.1 Å². The summed E-state index contributed by atoms with van der Waals surface area (Å²) < 4.78 is 48.9. The molecule has 0 atom stereocenters. The Morgan fingerprint density at radius 2 is 1.69 bits per heavy atom. The van der Waals surface area contributed by atoms with Crippen LogP contribution in [0, 0.1) is 0 Å². The lowest BCUT2D eigenvalue weighted by atomic mass is 10.1. The molecule has 0 spiro atoms. The van der Waals surface area contributed by atoms with Crippen molar-refractivity contribution in [2.75, 3.05) is 18.5 Å². The lowest BCUT2D eigenvalue weighted by Gasteiger charge is -2.14. The molecule has 2 aromatic rings. The molecule has 0 bridgehead atoms. The van der Waals surface area contributed by atoms with Crippen LogP contribution in [0.4, 0.5) is 18.9 Å². The molecule has 0 aromatic heterocycles. The number of hydrogen-bond acceptors (Lipinski definition) is 4. The van der Waals surface area contributed by atoms with Gasteiger partial charge in [-0.25, -0.2) is 4.79 Å². The van der Waals surface area contributed by atoms with E-state index < -0.39 is 35.9 Å². The van der Waals surface area contributed by atoms with E-state index in [4.69, 9.17) is 9.47 Å². The number of hydrogen-bond donors (Lipinski definition) is 1. The van der Waals surface area contributed by atoms with Gasteiger partial charge in [0.25, 0.3) is 5.91 Å². The number of amides is 1. The molecule has 5 nitrogen and oxygen atoms in total. The van der Waals surface area contributed by atoms with Crippen molar-refractivity contribution < 1.29 is 32.2 Å². The lowest BCUT2D eigenvalue weighted by molar-refractivity contribution is -0.137. The maximum absolute atomic E-state index is 12.9. The number of carbonyl (C=O) groups excluding carboxylic acids is 2. The highest BCUT2D eigenvalue weighted by molar-refractivity contribution is 5.97. The van der Waals surface area contributed by atoms with E-state index in [1.807, 2.05) is 0 Å². The normalized spacial score (nSPS) is 10.9. The Balaban J connectivity index is 2.01. The summed E-state index contributed by atoms with van der Waals surface area (Å²) >= 11 is 0. The summed E-state index contributed by atoms with van der Waals surface area (Å²) in [5.41, 5.74) is -1.27. The van der Waals surface area contributed by atoms with Crippen LogP contribution in [0.2, 0.25) is 0 Å². The molecule has 0 unspecified atom stereocenters. The standard InChI is InChI=1S/C18H16F3NO4/c1-2-25-15-10-6-3-7-12(15)17(24)26-11-16(23)22-14-9-5-4-8-13(14)18(19,20)21/h3-10H,2,11H2,1H3,(H,22,23). The molecule has 0 aliphatic heterocycles. The fourth-order valence-electron chi connectivity index (χ4n) is 2.15. The average molecular weight is 367 g/mol. The smallest absolute Gasteiger partial charge is 0.418 e. The van der Waals surface area contributed by atoms with Crippen LogP contribution in [0.5, 0.6) is 5.75 Å². The van der Waals surface area contributed by atoms with Gasteiger partial charge in [0.05, 0.1) is 17.9 Å². The Morgan fingerprint density at radius 1 is 1.04 bits per heavy atom. The highest BCUT2D eigenvalue weighted by Gasteiger charge is 2.33. The second kappa shape index (κ2) is 8.37. The van der Waals surface area contributed by atoms with Gasteiger partial charge in [0.2, 0.25) is 0 Å². The van der Waals surface area contributed by atoms with Gasteiger partial charge in [-0.3, -0.25) is 4.79 Å². The number of anilines is 1. The molecule has 0 saturated heterocycles. The summed E-state index contributed by atoms with van der Waals surface area (Å²) in [4.78, 5) is 23.9. The molecule has 0 aliphatic carbocycles. The zero-order valence-electron chi connectivity index (χ0n) is 13.8. The summed E-state index contributed by atoms with van der Waals surface area (Å²) in [6.07, 6.45) is -4.61. The minimum atomic E-state index is -4.61. The van der Waals surface area contributed by atoms with Gasteiger partial charge in [0.15, 0.2) is 6.61 Å². The Labute approximate surface area is 147 Å². The van der Waals surface area contributed by atoms with Crippen LogP contribution in [-0.2, 0) is 15.7 Å². The fraction of sp³-hybridized carbons (Fsp3) is 0.222. The minimum Gasteiger partial charge on any atom is -0.493 e. The summed E-state index contributed by atoms with van der Waals surface area (Å²) in [5, 5.41) is 2.10. The van der Waals surface area contributed by atoms with Gasteiger partial charge in [0, 0.05) is 0 Å². The van der Waals surface area contributed by atoms with Crippen molar-refractivity contribution in [3.63, 3.8) is 0 Å². The SMILES string of the molecule is CCOc1ccccc1C(=O)OCC(=O)Nc1ccccc1C(F)(F)F. The van der Waals surface area contributed by atoms with E-state index in [2.05, 4.69) is 5.32 Å². The van der Waals surface area contributed by atoms with Crippen LogP contribution >= 0.6 is 0 Å². The molecule has 0 aliphatic rings. The van der Waals surface area contributed by atoms with Crippen molar-refractivity contribution in [2.45, 2.75) is 13.1 Å². The molecular weight excluding hydrogens is 351 g/mol. The molecule has 26 heavy (non-hydrogen) atoms. The van der Waals surface area contributed by atoms with Gasteiger partial charge in [-0.05, 0) is 31.2 Å². The number of rotatable bonds is 6. The maximum Gasteiger partial charge on any atom is 0.418 e. The molecule has 1 amide bonds. The first-order chi connectivity index (χ1) is 12.3. The summed E-state index contributed by atoms with van der Waals surface area (Å²) in [6, 6.07) is 10.8. The predicted octanol–water partition coefficient (Wildman–Crippen LogP) is 3.90. The topological polar surface area (TPSA) is 64.6 Å². The second-order valence-corrected chi connectivity index (χ2v) is 5.10. The van der Waals surface area contributed by atoms with Crippen molar-refractivity contribution in [3.05, 3.63) is 59.7 Å². The van der Waals surface area contributed by atoms with E-state index in [-0.39, 0.29) is 5.56 Å². The first-order valence-corrected chi connectivity index (χ1v) is 7.68. The third kappa shape index (κ3) is 4.98. The van der Waals surface area contributed by atoms with Gasteiger partial charge in [-0.15, -0.1) is 0 Å². The zero-order valence-corrected chi connectivity index (χ0v) is 13.8. The number of carbonyl (C=O) groups is 2. The highest BCUT2D eigenvalue weighted by Crippen LogP contribution is 2.34. The van der Waals surface area contributed by atoms with Crippen molar-refractivity contribution in [3.8, 4) is 5.75 Å². The molecule has 138 valence electrons. The molecule has 2 rings (SSSR count). The van der Waals surface area contributed by atoms with Crippen molar-refractivity contribution >= 4 is 17.6 Å². The molecule has 0 radical (unpaired) electrons. The zero-order chi connectivity index (χ0) is 19.2. The molecular formula is C18H16F3NO4. The molecule has 1 N–H and O–H groups in total. The number of esters is 1. The molecule has 0 heterocycles. The molecule has 8 heteroatoms. The van der Waals surface area contributed by atoms with Crippen molar-refractivity contribution in [1.29, 1.82) is 0 Å². The van der Waals surface area contributed by atoms with Gasteiger partial charge in [0.1, 0.15) is 11.3 Å². The van der Waals surface area contributed by atoms with Crippen LogP contribution in [0.15, 0.2) is 48.5 Å². The monoisotopic (exact) mass is 367 g/mol. The second-order valence-electron chi connectivity index (χ2n) is 5.10. The maximum atomic E-state index is 12.9. The van der Waals surface area contributed by atoms with Crippen LogP contribution < -0.4 is 10.1 Å². The summed E-state index contributed by atoms with van der Waals surface area (Å²) in [5.74, 6) is -1.40.